The van der Waals surface area contributed by atoms with Crippen LogP contribution in [-0.2, 0) is 9.59 Å². The lowest BCUT2D eigenvalue weighted by Gasteiger charge is -2.35. The highest BCUT2D eigenvalue weighted by Gasteiger charge is 2.33. The smallest absolute Gasteiger partial charge is 0.247 e. The molecule has 1 aromatic rings. The first-order valence-corrected chi connectivity index (χ1v) is 6.10. The minimum absolute atomic E-state index is 0.152. The number of likely N-dealkylation sites (N-methyl/N-ethyl adjacent to an activating group) is 1. The second-order valence-corrected chi connectivity index (χ2v) is 4.37. The molecule has 2 N–H and O–H groups in total. The summed E-state index contributed by atoms with van der Waals surface area (Å²) in [4.78, 5) is 25.5. The molecule has 2 amide bonds. The topological polar surface area (TPSA) is 61.4 Å². The van der Waals surface area contributed by atoms with Gasteiger partial charge in [0.1, 0.15) is 11.9 Å². The van der Waals surface area contributed by atoms with E-state index >= 15 is 0 Å². The summed E-state index contributed by atoms with van der Waals surface area (Å²) in [5.74, 6) is -0.871. The molecule has 1 fully saturated rings. The molecule has 1 saturated heterocycles. The maximum atomic E-state index is 13.3. The van der Waals surface area contributed by atoms with E-state index in [2.05, 4.69) is 10.6 Å². The average molecular weight is 265 g/mol. The van der Waals surface area contributed by atoms with Crippen LogP contribution in [0.3, 0.4) is 0 Å². The molecule has 102 valence electrons. The van der Waals surface area contributed by atoms with Crippen LogP contribution < -0.4 is 10.6 Å². The van der Waals surface area contributed by atoms with Crippen molar-refractivity contribution in [3.05, 3.63) is 35.6 Å². The van der Waals surface area contributed by atoms with Gasteiger partial charge in [-0.25, -0.2) is 4.39 Å². The number of rotatable bonds is 3. The highest BCUT2D eigenvalue weighted by Crippen LogP contribution is 2.23. The molecule has 1 unspecified atom stereocenters. The Bertz CT molecular complexity index is 493. The van der Waals surface area contributed by atoms with Gasteiger partial charge in [0.2, 0.25) is 11.8 Å². The van der Waals surface area contributed by atoms with Crippen LogP contribution >= 0.6 is 0 Å². The maximum Gasteiger partial charge on any atom is 0.247 e. The molecule has 1 aliphatic heterocycles. The predicted molar refractivity (Wildman–Crippen MR) is 67.8 cm³/mol. The maximum absolute atomic E-state index is 13.3. The zero-order valence-corrected chi connectivity index (χ0v) is 10.6. The highest BCUT2D eigenvalue weighted by molar-refractivity contribution is 5.90. The molecule has 0 saturated carbocycles. The lowest BCUT2D eigenvalue weighted by Crippen LogP contribution is -2.53. The second-order valence-electron chi connectivity index (χ2n) is 4.37. The first-order valence-electron chi connectivity index (χ1n) is 6.10. The molecule has 1 heterocycles. The molecule has 1 atom stereocenters. The van der Waals surface area contributed by atoms with E-state index < -0.39 is 11.9 Å². The fraction of sp³-hybridized carbons (Fsp3) is 0.385. The molecule has 1 aromatic carbocycles. The minimum Gasteiger partial charge on any atom is -0.352 e. The number of carbonyl (C=O) groups excluding carboxylic acids is 2. The van der Waals surface area contributed by atoms with Gasteiger partial charge >= 0.3 is 0 Å². The molecular formula is C13H16FN3O2. The third-order valence-corrected chi connectivity index (χ3v) is 3.02. The van der Waals surface area contributed by atoms with Crippen molar-refractivity contribution in [1.82, 2.24) is 15.5 Å². The first-order chi connectivity index (χ1) is 9.13. The summed E-state index contributed by atoms with van der Waals surface area (Å²) in [7, 11) is 1.67. The number of benzene rings is 1. The third-order valence-electron chi connectivity index (χ3n) is 3.02. The Kier molecular flexibility index (Phi) is 4.11. The molecule has 1 aliphatic rings. The summed E-state index contributed by atoms with van der Waals surface area (Å²) in [6.45, 7) is 0.993. The van der Waals surface area contributed by atoms with Crippen molar-refractivity contribution < 1.29 is 14.0 Å². The number of carbonyl (C=O) groups is 2. The van der Waals surface area contributed by atoms with Gasteiger partial charge in [0.15, 0.2) is 0 Å². The number of piperazine rings is 1. The average Bonchev–Trinajstić information content (AvgIpc) is 2.38. The number of amides is 2. The van der Waals surface area contributed by atoms with E-state index in [1.165, 1.54) is 23.1 Å². The lowest BCUT2D eigenvalue weighted by atomic mass is 10.0. The van der Waals surface area contributed by atoms with E-state index in [-0.39, 0.29) is 18.4 Å². The van der Waals surface area contributed by atoms with Gasteiger partial charge in [0.05, 0.1) is 6.54 Å². The van der Waals surface area contributed by atoms with E-state index in [1.54, 1.807) is 13.1 Å². The summed E-state index contributed by atoms with van der Waals surface area (Å²) in [6, 6.07) is 5.02. The number of nitrogens with one attached hydrogen (secondary N) is 2. The molecule has 0 aromatic heterocycles. The van der Waals surface area contributed by atoms with Gasteiger partial charge in [-0.3, -0.25) is 9.59 Å². The zero-order chi connectivity index (χ0) is 13.8. The zero-order valence-electron chi connectivity index (χ0n) is 10.6. The molecule has 0 aliphatic carbocycles. The molecular weight excluding hydrogens is 249 g/mol. The monoisotopic (exact) mass is 265 g/mol. The fourth-order valence-corrected chi connectivity index (χ4v) is 2.20. The second kappa shape index (κ2) is 5.79. The van der Waals surface area contributed by atoms with E-state index in [0.29, 0.717) is 18.7 Å². The quantitative estimate of drug-likeness (QED) is 0.811. The van der Waals surface area contributed by atoms with Crippen LogP contribution in [0.4, 0.5) is 4.39 Å². The Balaban J connectivity index is 2.31. The van der Waals surface area contributed by atoms with Gasteiger partial charge in [-0.2, -0.15) is 0 Å². The summed E-state index contributed by atoms with van der Waals surface area (Å²) in [5.41, 5.74) is 0.488. The van der Waals surface area contributed by atoms with Crippen molar-refractivity contribution in [2.45, 2.75) is 6.04 Å². The molecule has 19 heavy (non-hydrogen) atoms. The van der Waals surface area contributed by atoms with Crippen LogP contribution in [0, 0.1) is 5.82 Å². The van der Waals surface area contributed by atoms with Gasteiger partial charge in [0, 0.05) is 13.1 Å². The van der Waals surface area contributed by atoms with Gasteiger partial charge in [0.25, 0.3) is 0 Å². The van der Waals surface area contributed by atoms with Crippen LogP contribution in [0.2, 0.25) is 0 Å². The van der Waals surface area contributed by atoms with Crippen LogP contribution in [0.25, 0.3) is 0 Å². The molecule has 2 rings (SSSR count). The lowest BCUT2D eigenvalue weighted by molar-refractivity contribution is -0.142. The SMILES string of the molecule is CNCC(=O)N1CCNC(=O)C1c1cccc(F)c1. The van der Waals surface area contributed by atoms with E-state index in [1.807, 2.05) is 0 Å². The molecule has 0 spiro atoms. The Morgan fingerprint density at radius 1 is 1.58 bits per heavy atom. The van der Waals surface area contributed by atoms with E-state index in [4.69, 9.17) is 0 Å². The molecule has 6 heteroatoms. The van der Waals surface area contributed by atoms with Crippen molar-refractivity contribution in [2.75, 3.05) is 26.7 Å². The Hall–Kier alpha value is -1.95. The molecule has 0 bridgehead atoms. The first kappa shape index (κ1) is 13.5. The van der Waals surface area contributed by atoms with Crippen LogP contribution in [0.15, 0.2) is 24.3 Å². The number of nitrogens with zero attached hydrogens (tertiary/aromatic N) is 1. The highest BCUT2D eigenvalue weighted by atomic mass is 19.1. The number of hydrogen-bond acceptors (Lipinski definition) is 3. The van der Waals surface area contributed by atoms with Crippen LogP contribution in [0.1, 0.15) is 11.6 Å². The summed E-state index contributed by atoms with van der Waals surface area (Å²) >= 11 is 0. The Morgan fingerprint density at radius 2 is 2.37 bits per heavy atom. The van der Waals surface area contributed by atoms with Crippen LogP contribution in [0.5, 0.6) is 0 Å². The van der Waals surface area contributed by atoms with Crippen LogP contribution in [-0.4, -0.2) is 43.4 Å². The molecule has 5 nitrogen and oxygen atoms in total. The normalized spacial score (nSPS) is 19.2. The summed E-state index contributed by atoms with van der Waals surface area (Å²) < 4.78 is 13.3. The largest absolute Gasteiger partial charge is 0.352 e. The van der Waals surface area contributed by atoms with Crippen molar-refractivity contribution in [3.8, 4) is 0 Å². The summed E-state index contributed by atoms with van der Waals surface area (Å²) in [5, 5.41) is 5.47. The van der Waals surface area contributed by atoms with Crippen molar-refractivity contribution in [2.24, 2.45) is 0 Å². The number of hydrogen-bond donors (Lipinski definition) is 2. The van der Waals surface area contributed by atoms with Crippen molar-refractivity contribution >= 4 is 11.8 Å². The van der Waals surface area contributed by atoms with Gasteiger partial charge < -0.3 is 15.5 Å². The third kappa shape index (κ3) is 2.90. The van der Waals surface area contributed by atoms with E-state index in [0.717, 1.165) is 0 Å². The Morgan fingerprint density at radius 3 is 3.05 bits per heavy atom. The minimum atomic E-state index is -0.759. The molecule has 0 radical (unpaired) electrons. The van der Waals surface area contributed by atoms with Crippen molar-refractivity contribution in [3.63, 3.8) is 0 Å². The summed E-state index contributed by atoms with van der Waals surface area (Å²) in [6.07, 6.45) is 0. The Labute approximate surface area is 110 Å². The fourth-order valence-electron chi connectivity index (χ4n) is 2.20. The predicted octanol–water partition coefficient (Wildman–Crippen LogP) is 0.0446. The van der Waals surface area contributed by atoms with Gasteiger partial charge in [-0.1, -0.05) is 12.1 Å². The van der Waals surface area contributed by atoms with Crippen molar-refractivity contribution in [1.29, 1.82) is 0 Å². The van der Waals surface area contributed by atoms with E-state index in [9.17, 15) is 14.0 Å². The number of halogens is 1. The van der Waals surface area contributed by atoms with Gasteiger partial charge in [-0.15, -0.1) is 0 Å². The standard InChI is InChI=1S/C13H16FN3O2/c1-15-8-11(18)17-6-5-16-13(19)12(17)9-3-2-4-10(14)7-9/h2-4,7,12,15H,5-6,8H2,1H3,(H,16,19). The van der Waals surface area contributed by atoms with Gasteiger partial charge in [-0.05, 0) is 24.7 Å².